The molecule has 0 aromatic heterocycles. The fraction of sp³-hybridized carbons (Fsp3) is 0.481. The molecule has 2 aromatic rings. The van der Waals surface area contributed by atoms with Crippen molar-refractivity contribution in [3.05, 3.63) is 71.8 Å². The van der Waals surface area contributed by atoms with Gasteiger partial charge in [-0.1, -0.05) is 79.7 Å². The number of hydrogen-bond donors (Lipinski definition) is 0. The molecule has 2 bridgehead atoms. The molecule has 0 N–H and O–H groups in total. The fourth-order valence-corrected chi connectivity index (χ4v) is 9.20. The van der Waals surface area contributed by atoms with Crippen LogP contribution < -0.4 is 0 Å². The number of carbonyl (C=O) groups excluding carboxylic acids is 1. The lowest BCUT2D eigenvalue weighted by atomic mass is 9.69. The highest BCUT2D eigenvalue weighted by atomic mass is 32.2. The summed E-state index contributed by atoms with van der Waals surface area (Å²) >= 11 is 0. The first-order chi connectivity index (χ1) is 16.2. The molecule has 0 radical (unpaired) electrons. The minimum Gasteiger partial charge on any atom is -0.391 e. The Bertz CT molecular complexity index is 1180. The normalized spacial score (nSPS) is 29.3. The molecule has 4 atom stereocenters. The van der Waals surface area contributed by atoms with Gasteiger partial charge in [-0.25, -0.2) is 12.7 Å². The second-order valence-corrected chi connectivity index (χ2v) is 12.4. The molecule has 7 heteroatoms. The second kappa shape index (κ2) is 8.52. The van der Waals surface area contributed by atoms with Gasteiger partial charge in [0.25, 0.3) is 0 Å². The average molecular weight is 481 g/mol. The summed E-state index contributed by atoms with van der Waals surface area (Å²) in [6.45, 7) is 4.66. The molecule has 5 rings (SSSR count). The molecule has 2 aliphatic carbocycles. The van der Waals surface area contributed by atoms with Crippen LogP contribution in [0, 0.1) is 22.7 Å². The van der Waals surface area contributed by atoms with E-state index >= 15 is 0 Å². The van der Waals surface area contributed by atoms with Crippen molar-refractivity contribution in [1.82, 2.24) is 4.31 Å². The molecular weight excluding hydrogens is 448 g/mol. The predicted molar refractivity (Wildman–Crippen MR) is 131 cm³/mol. The quantitative estimate of drug-likeness (QED) is 0.434. The van der Waals surface area contributed by atoms with Crippen molar-refractivity contribution in [2.75, 3.05) is 5.75 Å². The molecule has 2 saturated carbocycles. The Morgan fingerprint density at radius 2 is 1.76 bits per heavy atom. The van der Waals surface area contributed by atoms with Crippen molar-refractivity contribution >= 4 is 22.1 Å². The van der Waals surface area contributed by atoms with Gasteiger partial charge in [0.2, 0.25) is 15.9 Å². The molecule has 180 valence electrons. The van der Waals surface area contributed by atoms with Gasteiger partial charge in [-0.3, -0.25) is 4.79 Å². The Labute approximate surface area is 202 Å². The molecular formula is C27H32N2O4S. The summed E-state index contributed by atoms with van der Waals surface area (Å²) in [6, 6.07) is 19.1. The molecule has 1 heterocycles. The number of benzene rings is 2. The molecule has 1 aliphatic heterocycles. The van der Waals surface area contributed by atoms with Gasteiger partial charge in [0.05, 0.1) is 23.9 Å². The molecule has 1 amide bonds. The van der Waals surface area contributed by atoms with Crippen molar-refractivity contribution in [3.63, 3.8) is 0 Å². The van der Waals surface area contributed by atoms with Crippen LogP contribution in [0.25, 0.3) is 0 Å². The highest BCUT2D eigenvalue weighted by Gasteiger charge is 2.72. The van der Waals surface area contributed by atoms with Gasteiger partial charge in [-0.2, -0.15) is 0 Å². The summed E-state index contributed by atoms with van der Waals surface area (Å²) in [5.74, 6) is -0.579. The molecule has 2 aromatic carbocycles. The van der Waals surface area contributed by atoms with E-state index < -0.39 is 15.9 Å². The van der Waals surface area contributed by atoms with Crippen molar-refractivity contribution in [2.24, 2.45) is 27.8 Å². The van der Waals surface area contributed by atoms with Crippen LogP contribution in [-0.2, 0) is 32.7 Å². The SMILES string of the molecule is CC1(C)[C@@H]2CC[C@]13CS(=O)(=O)N(C(=O)[C@@H](/C=N/OCc1ccccc1)Cc1ccccc1)[C@@H]3C2. The minimum absolute atomic E-state index is 0.0691. The molecule has 1 spiro atoms. The van der Waals surface area contributed by atoms with Gasteiger partial charge in [-0.05, 0) is 48.1 Å². The zero-order chi connectivity index (χ0) is 24.0. The zero-order valence-electron chi connectivity index (χ0n) is 19.8. The second-order valence-electron chi connectivity index (χ2n) is 10.6. The van der Waals surface area contributed by atoms with Crippen LogP contribution in [-0.4, -0.2) is 36.6 Å². The molecule has 0 unspecified atom stereocenters. The van der Waals surface area contributed by atoms with Crippen molar-refractivity contribution < 1.29 is 18.0 Å². The molecule has 6 nitrogen and oxygen atoms in total. The van der Waals surface area contributed by atoms with Crippen LogP contribution in [0.2, 0.25) is 0 Å². The third kappa shape index (κ3) is 3.74. The number of rotatable bonds is 7. The third-order valence-electron chi connectivity index (χ3n) is 8.63. The Morgan fingerprint density at radius 3 is 2.41 bits per heavy atom. The molecule has 34 heavy (non-hydrogen) atoms. The van der Waals surface area contributed by atoms with Crippen LogP contribution in [0.5, 0.6) is 0 Å². The van der Waals surface area contributed by atoms with Crippen LogP contribution in [0.15, 0.2) is 65.8 Å². The summed E-state index contributed by atoms with van der Waals surface area (Å²) in [5, 5.41) is 4.10. The first-order valence-corrected chi connectivity index (χ1v) is 13.6. The molecule has 1 saturated heterocycles. The number of hydrogen-bond acceptors (Lipinski definition) is 5. The maximum atomic E-state index is 13.9. The van der Waals surface area contributed by atoms with Crippen LogP contribution in [0.4, 0.5) is 0 Å². The van der Waals surface area contributed by atoms with Gasteiger partial charge in [0.15, 0.2) is 0 Å². The van der Waals surface area contributed by atoms with Gasteiger partial charge < -0.3 is 4.84 Å². The Morgan fingerprint density at radius 1 is 1.12 bits per heavy atom. The van der Waals surface area contributed by atoms with Crippen molar-refractivity contribution in [2.45, 2.75) is 52.2 Å². The number of sulfonamides is 1. The van der Waals surface area contributed by atoms with E-state index in [0.717, 1.165) is 30.4 Å². The maximum absolute atomic E-state index is 13.9. The minimum atomic E-state index is -3.69. The largest absolute Gasteiger partial charge is 0.391 e. The number of carbonyl (C=O) groups is 1. The maximum Gasteiger partial charge on any atom is 0.245 e. The monoisotopic (exact) mass is 480 g/mol. The lowest BCUT2D eigenvalue weighted by molar-refractivity contribution is -0.131. The Kier molecular flexibility index (Phi) is 5.79. The number of fused-ring (bicyclic) bond motifs is 1. The summed E-state index contributed by atoms with van der Waals surface area (Å²) < 4.78 is 28.0. The Hall–Kier alpha value is -2.67. The third-order valence-corrected chi connectivity index (χ3v) is 10.5. The summed E-state index contributed by atoms with van der Waals surface area (Å²) in [4.78, 5) is 19.3. The topological polar surface area (TPSA) is 76.0 Å². The first kappa shape index (κ1) is 23.1. The van der Waals surface area contributed by atoms with Crippen molar-refractivity contribution in [1.29, 1.82) is 0 Å². The molecule has 3 fully saturated rings. The highest BCUT2D eigenvalue weighted by Crippen LogP contribution is 2.70. The van der Waals surface area contributed by atoms with E-state index in [1.807, 2.05) is 60.7 Å². The smallest absolute Gasteiger partial charge is 0.245 e. The van der Waals surface area contributed by atoms with E-state index in [-0.39, 0.29) is 35.1 Å². The van der Waals surface area contributed by atoms with Gasteiger partial charge in [0, 0.05) is 5.41 Å². The van der Waals surface area contributed by atoms with E-state index in [1.165, 1.54) is 10.5 Å². The van der Waals surface area contributed by atoms with E-state index in [0.29, 0.717) is 12.3 Å². The first-order valence-electron chi connectivity index (χ1n) is 12.0. The van der Waals surface area contributed by atoms with E-state index in [2.05, 4.69) is 19.0 Å². The lowest BCUT2D eigenvalue weighted by Crippen LogP contribution is -2.47. The van der Waals surface area contributed by atoms with Crippen LogP contribution in [0.3, 0.4) is 0 Å². The van der Waals surface area contributed by atoms with E-state index in [9.17, 15) is 13.2 Å². The van der Waals surface area contributed by atoms with Crippen LogP contribution >= 0.6 is 0 Å². The summed E-state index contributed by atoms with van der Waals surface area (Å²) in [7, 11) is -3.69. The fourth-order valence-electron chi connectivity index (χ4n) is 6.62. The molecule has 3 aliphatic rings. The lowest BCUT2D eigenvalue weighted by Gasteiger charge is -2.37. The summed E-state index contributed by atoms with van der Waals surface area (Å²) in [5.41, 5.74) is 1.50. The predicted octanol–water partition coefficient (Wildman–Crippen LogP) is 4.41. The summed E-state index contributed by atoms with van der Waals surface area (Å²) in [6.07, 6.45) is 4.53. The van der Waals surface area contributed by atoms with Gasteiger partial charge in [0.1, 0.15) is 6.61 Å². The van der Waals surface area contributed by atoms with E-state index in [4.69, 9.17) is 4.84 Å². The number of nitrogens with zero attached hydrogens (tertiary/aromatic N) is 2. The van der Waals surface area contributed by atoms with E-state index in [1.54, 1.807) is 0 Å². The number of amides is 1. The van der Waals surface area contributed by atoms with Gasteiger partial charge >= 0.3 is 0 Å². The Balaban J connectivity index is 1.40. The van der Waals surface area contributed by atoms with Crippen molar-refractivity contribution in [3.8, 4) is 0 Å². The number of oxime groups is 1. The average Bonchev–Trinajstić information content (AvgIpc) is 3.30. The van der Waals surface area contributed by atoms with Gasteiger partial charge in [-0.15, -0.1) is 0 Å². The highest BCUT2D eigenvalue weighted by molar-refractivity contribution is 7.90. The zero-order valence-corrected chi connectivity index (χ0v) is 20.6. The standard InChI is InChI=1S/C27H32N2O4S/c1-26(2)23-13-14-27(26)19-34(31,32)29(24(27)16-23)25(30)22(15-20-9-5-3-6-10-20)17-28-33-18-21-11-7-4-8-12-21/h3-12,17,22-24H,13-16,18-19H2,1-2H3/b28-17+/t22-,23-,24-,27-/m1/s1. The van der Waals surface area contributed by atoms with Crippen LogP contribution in [0.1, 0.15) is 44.2 Å².